The molecule has 0 bridgehead atoms. The van der Waals surface area contributed by atoms with Crippen LogP contribution in [0.4, 0.5) is 21.6 Å². The molecule has 2 heterocycles. The molecule has 0 unspecified atom stereocenters. The van der Waals surface area contributed by atoms with Crippen LogP contribution in [0.25, 0.3) is 0 Å². The van der Waals surface area contributed by atoms with Crippen molar-refractivity contribution in [3.8, 4) is 0 Å². The van der Waals surface area contributed by atoms with Crippen molar-refractivity contribution in [1.82, 2.24) is 9.97 Å². The first-order valence-corrected chi connectivity index (χ1v) is 10.6. The number of carbonyl (C=O) groups excluding carboxylic acids is 1. The minimum atomic E-state index is -0.362. The summed E-state index contributed by atoms with van der Waals surface area (Å²) in [5, 5.41) is 3.77. The van der Waals surface area contributed by atoms with Crippen molar-refractivity contribution in [2.24, 2.45) is 0 Å². The monoisotopic (exact) mass is 424 g/mol. The Kier molecular flexibility index (Phi) is 6.56. The van der Waals surface area contributed by atoms with Crippen molar-refractivity contribution >= 4 is 34.7 Å². The molecular formula is C22H21FN4O2S. The minimum absolute atomic E-state index is 0.0966. The van der Waals surface area contributed by atoms with Gasteiger partial charge in [0.25, 0.3) is 0 Å². The van der Waals surface area contributed by atoms with Gasteiger partial charge in [0.05, 0.1) is 19.0 Å². The lowest BCUT2D eigenvalue weighted by molar-refractivity contribution is 0.102. The number of rotatable bonds is 7. The van der Waals surface area contributed by atoms with E-state index in [4.69, 9.17) is 4.74 Å². The quantitative estimate of drug-likeness (QED) is 0.347. The molecule has 2 aromatic carbocycles. The topological polar surface area (TPSA) is 67.4 Å². The second-order valence-corrected chi connectivity index (χ2v) is 7.66. The number of halogens is 1. The molecule has 0 spiro atoms. The third-order valence-electron chi connectivity index (χ3n) is 4.65. The third-order valence-corrected chi connectivity index (χ3v) is 5.51. The van der Waals surface area contributed by atoms with Gasteiger partial charge in [-0.3, -0.25) is 4.79 Å². The van der Waals surface area contributed by atoms with Crippen molar-refractivity contribution in [3.05, 3.63) is 72.2 Å². The molecule has 1 fully saturated rings. The van der Waals surface area contributed by atoms with Crippen LogP contribution in [0.1, 0.15) is 10.4 Å². The molecular weight excluding hydrogens is 403 g/mol. The number of carbonyl (C=O) groups is 1. The highest BCUT2D eigenvalue weighted by atomic mass is 32.2. The molecule has 1 N–H and O–H groups in total. The lowest BCUT2D eigenvalue weighted by Crippen LogP contribution is -2.36. The van der Waals surface area contributed by atoms with Gasteiger partial charge in [0.2, 0.25) is 0 Å². The fourth-order valence-electron chi connectivity index (χ4n) is 3.05. The van der Waals surface area contributed by atoms with Crippen LogP contribution in [-0.4, -0.2) is 47.8 Å². The van der Waals surface area contributed by atoms with Gasteiger partial charge in [0.1, 0.15) is 11.6 Å². The Morgan fingerprint density at radius 1 is 1.07 bits per heavy atom. The Hall–Kier alpha value is -2.97. The van der Waals surface area contributed by atoms with Crippen LogP contribution in [0.2, 0.25) is 0 Å². The van der Waals surface area contributed by atoms with Gasteiger partial charge in [-0.05, 0) is 54.6 Å². The van der Waals surface area contributed by atoms with E-state index in [1.165, 1.54) is 41.7 Å². The Bertz CT molecular complexity index is 993. The third kappa shape index (κ3) is 5.34. The zero-order valence-electron chi connectivity index (χ0n) is 16.3. The second kappa shape index (κ2) is 9.69. The molecule has 0 saturated carbocycles. The van der Waals surface area contributed by atoms with E-state index in [0.29, 0.717) is 16.5 Å². The van der Waals surface area contributed by atoms with Crippen LogP contribution in [0.3, 0.4) is 0 Å². The number of hydrogen-bond donors (Lipinski definition) is 1. The van der Waals surface area contributed by atoms with E-state index < -0.39 is 0 Å². The van der Waals surface area contributed by atoms with E-state index >= 15 is 0 Å². The maximum Gasteiger partial charge on any atom is 0.189 e. The summed E-state index contributed by atoms with van der Waals surface area (Å²) in [6, 6.07) is 15.5. The van der Waals surface area contributed by atoms with Crippen molar-refractivity contribution in [2.45, 2.75) is 5.16 Å². The zero-order chi connectivity index (χ0) is 20.8. The van der Waals surface area contributed by atoms with Crippen LogP contribution >= 0.6 is 11.8 Å². The summed E-state index contributed by atoms with van der Waals surface area (Å²) in [6.07, 6.45) is 1.65. The number of morpholine rings is 1. The predicted molar refractivity (Wildman–Crippen MR) is 116 cm³/mol. The van der Waals surface area contributed by atoms with Gasteiger partial charge in [-0.15, -0.1) is 0 Å². The molecule has 154 valence electrons. The summed E-state index contributed by atoms with van der Waals surface area (Å²) in [5.41, 5.74) is 2.56. The molecule has 3 aromatic rings. The first-order valence-electron chi connectivity index (χ1n) is 9.62. The van der Waals surface area contributed by atoms with Gasteiger partial charge in [-0.1, -0.05) is 11.8 Å². The number of hydrogen-bond acceptors (Lipinski definition) is 7. The average molecular weight is 425 g/mol. The fourth-order valence-corrected chi connectivity index (χ4v) is 3.78. The van der Waals surface area contributed by atoms with Crippen molar-refractivity contribution in [3.63, 3.8) is 0 Å². The minimum Gasteiger partial charge on any atom is -0.378 e. The highest BCUT2D eigenvalue weighted by Crippen LogP contribution is 2.22. The summed E-state index contributed by atoms with van der Waals surface area (Å²) in [7, 11) is 0. The number of ketones is 1. The van der Waals surface area contributed by atoms with Crippen molar-refractivity contribution in [1.29, 1.82) is 0 Å². The van der Waals surface area contributed by atoms with E-state index in [1.54, 1.807) is 12.3 Å². The number of aromatic nitrogens is 2. The molecule has 4 rings (SSSR count). The summed E-state index contributed by atoms with van der Waals surface area (Å²) >= 11 is 1.25. The molecule has 0 radical (unpaired) electrons. The van der Waals surface area contributed by atoms with E-state index in [-0.39, 0.29) is 17.4 Å². The predicted octanol–water partition coefficient (Wildman–Crippen LogP) is 4.17. The number of benzene rings is 2. The van der Waals surface area contributed by atoms with Crippen LogP contribution in [0.15, 0.2) is 66.0 Å². The molecule has 1 aliphatic rings. The first kappa shape index (κ1) is 20.3. The molecule has 1 aromatic heterocycles. The SMILES string of the molecule is O=C(CSc1nccc(Nc2ccc(N3CCOCC3)cc2)n1)c1ccc(F)cc1. The molecule has 6 nitrogen and oxygen atoms in total. The number of anilines is 3. The number of nitrogens with one attached hydrogen (secondary N) is 1. The van der Waals surface area contributed by atoms with Gasteiger partial charge in [0.15, 0.2) is 10.9 Å². The lowest BCUT2D eigenvalue weighted by Gasteiger charge is -2.28. The standard InChI is InChI=1S/C22H21FN4O2S/c23-17-3-1-16(2-4-17)20(28)15-30-22-24-10-9-21(26-22)25-18-5-7-19(8-6-18)27-11-13-29-14-12-27/h1-10H,11-15H2,(H,24,25,26). The largest absolute Gasteiger partial charge is 0.378 e. The number of ether oxygens (including phenoxy) is 1. The Morgan fingerprint density at radius 3 is 2.53 bits per heavy atom. The smallest absolute Gasteiger partial charge is 0.189 e. The van der Waals surface area contributed by atoms with Crippen LogP contribution in [0.5, 0.6) is 0 Å². The summed E-state index contributed by atoms with van der Waals surface area (Å²) in [5.74, 6) is 0.379. The van der Waals surface area contributed by atoms with E-state index in [2.05, 4.69) is 32.3 Å². The Balaban J connectivity index is 1.35. The highest BCUT2D eigenvalue weighted by molar-refractivity contribution is 7.99. The highest BCUT2D eigenvalue weighted by Gasteiger charge is 2.11. The fraction of sp³-hybridized carbons (Fsp3) is 0.227. The summed E-state index contributed by atoms with van der Waals surface area (Å²) < 4.78 is 18.4. The second-order valence-electron chi connectivity index (χ2n) is 6.71. The van der Waals surface area contributed by atoms with Gasteiger partial charge in [-0.2, -0.15) is 0 Å². The Morgan fingerprint density at radius 2 is 1.80 bits per heavy atom. The number of nitrogens with zero attached hydrogens (tertiary/aromatic N) is 3. The van der Waals surface area contributed by atoms with E-state index in [1.807, 2.05) is 12.1 Å². The van der Waals surface area contributed by atoms with Crippen LogP contribution in [0, 0.1) is 5.82 Å². The summed E-state index contributed by atoms with van der Waals surface area (Å²) in [6.45, 7) is 3.31. The van der Waals surface area contributed by atoms with Gasteiger partial charge in [-0.25, -0.2) is 14.4 Å². The van der Waals surface area contributed by atoms with Crippen molar-refractivity contribution < 1.29 is 13.9 Å². The molecule has 30 heavy (non-hydrogen) atoms. The van der Waals surface area contributed by atoms with Gasteiger partial charge >= 0.3 is 0 Å². The maximum absolute atomic E-state index is 13.0. The zero-order valence-corrected chi connectivity index (χ0v) is 17.1. The van der Waals surface area contributed by atoms with Gasteiger partial charge < -0.3 is 15.0 Å². The molecule has 8 heteroatoms. The Labute approximate surface area is 178 Å². The molecule has 0 aliphatic carbocycles. The lowest BCUT2D eigenvalue weighted by atomic mass is 10.1. The molecule has 0 amide bonds. The van der Waals surface area contributed by atoms with Crippen LogP contribution < -0.4 is 10.2 Å². The number of thioether (sulfide) groups is 1. The van der Waals surface area contributed by atoms with E-state index in [0.717, 1.165) is 32.0 Å². The number of Topliss-reactive ketones (excluding diaryl/α,β-unsaturated/α-hetero) is 1. The van der Waals surface area contributed by atoms with Crippen molar-refractivity contribution in [2.75, 3.05) is 42.3 Å². The van der Waals surface area contributed by atoms with Crippen LogP contribution in [-0.2, 0) is 4.74 Å². The van der Waals surface area contributed by atoms with Gasteiger partial charge in [0, 0.05) is 36.2 Å². The average Bonchev–Trinajstić information content (AvgIpc) is 2.79. The normalized spacial score (nSPS) is 13.8. The molecule has 0 atom stereocenters. The maximum atomic E-state index is 13.0. The first-order chi connectivity index (χ1) is 14.7. The van der Waals surface area contributed by atoms with E-state index in [9.17, 15) is 9.18 Å². The summed E-state index contributed by atoms with van der Waals surface area (Å²) in [4.78, 5) is 23.2. The molecule has 1 aliphatic heterocycles. The molecule has 1 saturated heterocycles.